The highest BCUT2D eigenvalue weighted by atomic mass is 32.1. The number of aromatic carboxylic acids is 1. The van der Waals surface area contributed by atoms with Crippen LogP contribution in [0, 0.1) is 0 Å². The predicted molar refractivity (Wildman–Crippen MR) is 76.6 cm³/mol. The lowest BCUT2D eigenvalue weighted by atomic mass is 10.2. The van der Waals surface area contributed by atoms with Gasteiger partial charge in [0.25, 0.3) is 0 Å². The largest absolute Gasteiger partial charge is 0.478 e. The van der Waals surface area contributed by atoms with E-state index in [0.29, 0.717) is 11.7 Å². The van der Waals surface area contributed by atoms with E-state index in [0.717, 1.165) is 25.1 Å². The molecule has 0 unspecified atom stereocenters. The summed E-state index contributed by atoms with van der Waals surface area (Å²) in [6.07, 6.45) is 2.39. The van der Waals surface area contributed by atoms with Crippen molar-refractivity contribution in [1.82, 2.24) is 5.32 Å². The minimum atomic E-state index is -0.939. The Morgan fingerprint density at radius 1 is 1.42 bits per heavy atom. The number of ether oxygens (including phenoxy) is 1. The van der Waals surface area contributed by atoms with E-state index >= 15 is 0 Å². The molecule has 3 N–H and O–H groups in total. The van der Waals surface area contributed by atoms with Gasteiger partial charge in [-0.2, -0.15) is 0 Å². The fraction of sp³-hybridized carbons (Fsp3) is 0.385. The smallest absolute Gasteiger partial charge is 0.335 e. The minimum Gasteiger partial charge on any atom is -0.478 e. The van der Waals surface area contributed by atoms with Crippen LogP contribution in [0.1, 0.15) is 23.2 Å². The molecule has 1 aromatic carbocycles. The zero-order valence-electron chi connectivity index (χ0n) is 10.4. The average Bonchev–Trinajstić information content (AvgIpc) is 2.90. The molecule has 0 saturated carbocycles. The summed E-state index contributed by atoms with van der Waals surface area (Å²) in [6.45, 7) is 1.52. The molecule has 1 aliphatic rings. The number of rotatable bonds is 4. The molecule has 0 bridgehead atoms. The molecular weight excluding hydrogens is 264 g/mol. The Hall–Kier alpha value is -1.66. The summed E-state index contributed by atoms with van der Waals surface area (Å²) in [4.78, 5) is 10.7. The van der Waals surface area contributed by atoms with Crippen LogP contribution in [0.5, 0.6) is 0 Å². The maximum absolute atomic E-state index is 10.7. The first kappa shape index (κ1) is 13.8. The summed E-state index contributed by atoms with van der Waals surface area (Å²) in [5, 5.41) is 15.4. The Balaban J connectivity index is 1.79. The Labute approximate surface area is 117 Å². The van der Waals surface area contributed by atoms with E-state index in [4.69, 9.17) is 22.1 Å². The highest BCUT2D eigenvalue weighted by molar-refractivity contribution is 7.80. The van der Waals surface area contributed by atoms with Gasteiger partial charge in [-0.15, -0.1) is 0 Å². The Morgan fingerprint density at radius 3 is 2.74 bits per heavy atom. The van der Waals surface area contributed by atoms with Crippen molar-refractivity contribution < 1.29 is 14.6 Å². The molecule has 0 aromatic heterocycles. The van der Waals surface area contributed by atoms with Gasteiger partial charge >= 0.3 is 5.97 Å². The van der Waals surface area contributed by atoms with Gasteiger partial charge in [0.15, 0.2) is 5.11 Å². The van der Waals surface area contributed by atoms with Crippen molar-refractivity contribution in [3.8, 4) is 0 Å². The Kier molecular flexibility index (Phi) is 4.70. The lowest BCUT2D eigenvalue weighted by molar-refractivity contribution is 0.0697. The van der Waals surface area contributed by atoms with Gasteiger partial charge < -0.3 is 20.5 Å². The van der Waals surface area contributed by atoms with Crippen LogP contribution in [0.2, 0.25) is 0 Å². The molecule has 2 rings (SSSR count). The zero-order chi connectivity index (χ0) is 13.7. The van der Waals surface area contributed by atoms with Crippen LogP contribution in [0.3, 0.4) is 0 Å². The van der Waals surface area contributed by atoms with Crippen LogP contribution in [0.25, 0.3) is 0 Å². The van der Waals surface area contributed by atoms with E-state index in [9.17, 15) is 4.79 Å². The molecule has 0 amide bonds. The molecule has 0 radical (unpaired) electrons. The third kappa shape index (κ3) is 4.18. The molecular formula is C13H16N2O3S. The van der Waals surface area contributed by atoms with Crippen molar-refractivity contribution in [2.45, 2.75) is 18.9 Å². The molecule has 6 heteroatoms. The van der Waals surface area contributed by atoms with E-state index in [1.165, 1.54) is 12.1 Å². The van der Waals surface area contributed by atoms with Crippen LogP contribution in [-0.4, -0.2) is 35.4 Å². The van der Waals surface area contributed by atoms with Crippen LogP contribution in [-0.2, 0) is 4.74 Å². The summed E-state index contributed by atoms with van der Waals surface area (Å²) in [5.74, 6) is -0.939. The zero-order valence-corrected chi connectivity index (χ0v) is 11.2. The number of nitrogens with one attached hydrogen (secondary N) is 2. The number of hydrogen-bond acceptors (Lipinski definition) is 3. The summed E-state index contributed by atoms with van der Waals surface area (Å²) in [6, 6.07) is 6.44. The predicted octanol–water partition coefficient (Wildman–Crippen LogP) is 1.85. The van der Waals surface area contributed by atoms with Crippen molar-refractivity contribution in [3.63, 3.8) is 0 Å². The van der Waals surface area contributed by atoms with Crippen molar-refractivity contribution in [2.24, 2.45) is 0 Å². The van der Waals surface area contributed by atoms with E-state index in [1.54, 1.807) is 12.1 Å². The number of anilines is 1. The molecule has 0 aliphatic carbocycles. The lowest BCUT2D eigenvalue weighted by Gasteiger charge is -2.14. The van der Waals surface area contributed by atoms with E-state index in [-0.39, 0.29) is 11.7 Å². The van der Waals surface area contributed by atoms with Crippen LogP contribution in [0.15, 0.2) is 24.3 Å². The molecule has 1 heterocycles. The summed E-state index contributed by atoms with van der Waals surface area (Å²) in [7, 11) is 0. The maximum atomic E-state index is 10.7. The van der Waals surface area contributed by atoms with Gasteiger partial charge in [-0.1, -0.05) is 0 Å². The average molecular weight is 280 g/mol. The minimum absolute atomic E-state index is 0.231. The monoisotopic (exact) mass is 280 g/mol. The number of benzene rings is 1. The number of carboxylic acids is 1. The van der Waals surface area contributed by atoms with Gasteiger partial charge in [0, 0.05) is 18.8 Å². The molecule has 19 heavy (non-hydrogen) atoms. The van der Waals surface area contributed by atoms with Crippen molar-refractivity contribution in [2.75, 3.05) is 18.5 Å². The number of carbonyl (C=O) groups is 1. The van der Waals surface area contributed by atoms with Gasteiger partial charge in [-0.25, -0.2) is 4.79 Å². The third-order valence-electron chi connectivity index (χ3n) is 2.90. The van der Waals surface area contributed by atoms with Gasteiger partial charge in [-0.05, 0) is 49.3 Å². The Bertz CT molecular complexity index is 455. The first-order valence-corrected chi connectivity index (χ1v) is 6.56. The number of thiocarbonyl (C=S) groups is 1. The van der Waals surface area contributed by atoms with Gasteiger partial charge in [0.1, 0.15) is 0 Å². The molecule has 1 saturated heterocycles. The normalized spacial score (nSPS) is 18.0. The highest BCUT2D eigenvalue weighted by Crippen LogP contribution is 2.11. The quantitative estimate of drug-likeness (QED) is 0.731. The van der Waals surface area contributed by atoms with Gasteiger partial charge in [-0.3, -0.25) is 0 Å². The van der Waals surface area contributed by atoms with Gasteiger partial charge in [0.05, 0.1) is 11.7 Å². The van der Waals surface area contributed by atoms with E-state index < -0.39 is 5.97 Å². The second-order valence-corrected chi connectivity index (χ2v) is 4.76. The summed E-state index contributed by atoms with van der Waals surface area (Å²) < 4.78 is 5.48. The van der Waals surface area contributed by atoms with Gasteiger partial charge in [0.2, 0.25) is 0 Å². The van der Waals surface area contributed by atoms with Crippen LogP contribution in [0.4, 0.5) is 5.69 Å². The second kappa shape index (κ2) is 6.49. The van der Waals surface area contributed by atoms with Crippen molar-refractivity contribution in [1.29, 1.82) is 0 Å². The summed E-state index contributed by atoms with van der Waals surface area (Å²) >= 11 is 5.16. The number of hydrogen-bond donors (Lipinski definition) is 3. The molecule has 1 fully saturated rings. The van der Waals surface area contributed by atoms with Crippen molar-refractivity contribution in [3.05, 3.63) is 29.8 Å². The second-order valence-electron chi connectivity index (χ2n) is 4.35. The summed E-state index contributed by atoms with van der Waals surface area (Å²) in [5.41, 5.74) is 1.01. The molecule has 0 spiro atoms. The highest BCUT2D eigenvalue weighted by Gasteiger charge is 2.15. The first-order valence-electron chi connectivity index (χ1n) is 6.15. The topological polar surface area (TPSA) is 70.6 Å². The van der Waals surface area contributed by atoms with Crippen LogP contribution >= 0.6 is 12.2 Å². The maximum Gasteiger partial charge on any atom is 0.335 e. The SMILES string of the molecule is O=C(O)c1ccc(NC(=S)NC[C@@H]2CCCO2)cc1. The first-order chi connectivity index (χ1) is 9.15. The molecule has 1 atom stereocenters. The fourth-order valence-corrected chi connectivity index (χ4v) is 2.08. The standard InChI is InChI=1S/C13H16N2O3S/c16-12(17)9-3-5-10(6-4-9)15-13(19)14-8-11-2-1-7-18-11/h3-6,11H,1-2,7-8H2,(H,16,17)(H2,14,15,19)/t11-/m0/s1. The molecule has 5 nitrogen and oxygen atoms in total. The number of carboxylic acid groups (broad SMARTS) is 1. The lowest BCUT2D eigenvalue weighted by Crippen LogP contribution is -2.34. The van der Waals surface area contributed by atoms with E-state index in [2.05, 4.69) is 10.6 Å². The molecule has 102 valence electrons. The van der Waals surface area contributed by atoms with Crippen molar-refractivity contribution >= 4 is 29.0 Å². The van der Waals surface area contributed by atoms with E-state index in [1.807, 2.05) is 0 Å². The molecule has 1 aliphatic heterocycles. The third-order valence-corrected chi connectivity index (χ3v) is 3.15. The van der Waals surface area contributed by atoms with Crippen LogP contribution < -0.4 is 10.6 Å². The molecule has 1 aromatic rings. The Morgan fingerprint density at radius 2 is 2.16 bits per heavy atom. The fourth-order valence-electron chi connectivity index (χ4n) is 1.88.